The normalized spacial score (nSPS) is 10.5. The topological polar surface area (TPSA) is 70.9 Å². The summed E-state index contributed by atoms with van der Waals surface area (Å²) < 4.78 is 5.49. The fourth-order valence-corrected chi connectivity index (χ4v) is 1.77. The van der Waals surface area contributed by atoms with Gasteiger partial charge >= 0.3 is 5.97 Å². The van der Waals surface area contributed by atoms with Gasteiger partial charge in [0.05, 0.1) is 24.1 Å². The Labute approximate surface area is 122 Å². The molecule has 0 radical (unpaired) electrons. The maximum atomic E-state index is 10.9. The van der Waals surface area contributed by atoms with Gasteiger partial charge in [0.15, 0.2) is 0 Å². The van der Waals surface area contributed by atoms with E-state index in [9.17, 15) is 4.79 Å². The summed E-state index contributed by atoms with van der Waals surface area (Å²) >= 11 is 0. The number of anilines is 1. The Bertz CT molecular complexity index is 653. The van der Waals surface area contributed by atoms with Gasteiger partial charge in [0.25, 0.3) is 0 Å². The van der Waals surface area contributed by atoms with Crippen molar-refractivity contribution in [3.63, 3.8) is 0 Å². The first kappa shape index (κ1) is 14.6. The van der Waals surface area contributed by atoms with Gasteiger partial charge < -0.3 is 9.84 Å². The van der Waals surface area contributed by atoms with Crippen LogP contribution in [-0.4, -0.2) is 23.9 Å². The minimum atomic E-state index is -0.968. The number of hydrogen-bond donors (Lipinski definition) is 2. The number of hydrazone groups is 1. The molecular weight excluding hydrogens is 268 g/mol. The van der Waals surface area contributed by atoms with Crippen LogP contribution in [-0.2, 0) is 0 Å². The standard InChI is InChI=1S/C16H16N2O3/c1-2-21-15-9-4-3-6-13(15)11-17-18-14-8-5-7-12(10-14)16(19)20/h3-11,18H,2H2,1H3,(H,19,20). The third-order valence-corrected chi connectivity index (χ3v) is 2.73. The van der Waals surface area contributed by atoms with Crippen molar-refractivity contribution in [2.75, 3.05) is 12.0 Å². The number of nitrogens with one attached hydrogen (secondary N) is 1. The number of carbonyl (C=O) groups is 1. The fraction of sp³-hybridized carbons (Fsp3) is 0.125. The molecule has 0 spiro atoms. The second-order valence-electron chi connectivity index (χ2n) is 4.23. The largest absolute Gasteiger partial charge is 0.493 e. The Morgan fingerprint density at radius 3 is 2.86 bits per heavy atom. The summed E-state index contributed by atoms with van der Waals surface area (Å²) in [6, 6.07) is 14.0. The maximum Gasteiger partial charge on any atom is 0.335 e. The molecule has 2 aromatic rings. The lowest BCUT2D eigenvalue weighted by molar-refractivity contribution is 0.0697. The summed E-state index contributed by atoms with van der Waals surface area (Å²) in [6.07, 6.45) is 1.64. The van der Waals surface area contributed by atoms with Gasteiger partial charge in [-0.2, -0.15) is 5.10 Å². The van der Waals surface area contributed by atoms with Gasteiger partial charge in [-0.15, -0.1) is 0 Å². The number of benzene rings is 2. The zero-order chi connectivity index (χ0) is 15.1. The van der Waals surface area contributed by atoms with Crippen LogP contribution in [0.15, 0.2) is 53.6 Å². The van der Waals surface area contributed by atoms with E-state index in [1.165, 1.54) is 12.1 Å². The third kappa shape index (κ3) is 4.07. The molecule has 0 atom stereocenters. The van der Waals surface area contributed by atoms with Crippen molar-refractivity contribution in [1.82, 2.24) is 0 Å². The predicted octanol–water partition coefficient (Wildman–Crippen LogP) is 3.23. The second-order valence-corrected chi connectivity index (χ2v) is 4.23. The lowest BCUT2D eigenvalue weighted by Crippen LogP contribution is -1.99. The van der Waals surface area contributed by atoms with Gasteiger partial charge in [-0.1, -0.05) is 18.2 Å². The molecule has 0 aliphatic heterocycles. The number of rotatable bonds is 6. The average Bonchev–Trinajstić information content (AvgIpc) is 2.49. The molecular formula is C16H16N2O3. The highest BCUT2D eigenvalue weighted by Crippen LogP contribution is 2.16. The number of aromatic carboxylic acids is 1. The molecule has 0 aromatic heterocycles. The zero-order valence-electron chi connectivity index (χ0n) is 11.6. The molecule has 21 heavy (non-hydrogen) atoms. The summed E-state index contributed by atoms with van der Waals surface area (Å²) in [5.41, 5.74) is 4.48. The van der Waals surface area contributed by atoms with Crippen LogP contribution in [0.3, 0.4) is 0 Å². The fourth-order valence-electron chi connectivity index (χ4n) is 1.77. The van der Waals surface area contributed by atoms with Crippen LogP contribution >= 0.6 is 0 Å². The molecule has 5 nitrogen and oxygen atoms in total. The molecule has 0 amide bonds. The van der Waals surface area contributed by atoms with Crippen LogP contribution in [0.4, 0.5) is 5.69 Å². The van der Waals surface area contributed by atoms with Crippen LogP contribution < -0.4 is 10.2 Å². The van der Waals surface area contributed by atoms with Crippen molar-refractivity contribution in [3.05, 3.63) is 59.7 Å². The van der Waals surface area contributed by atoms with Crippen molar-refractivity contribution in [1.29, 1.82) is 0 Å². The molecule has 0 aliphatic carbocycles. The molecule has 0 fully saturated rings. The van der Waals surface area contributed by atoms with E-state index in [0.717, 1.165) is 11.3 Å². The van der Waals surface area contributed by atoms with Crippen molar-refractivity contribution in [2.45, 2.75) is 6.92 Å². The van der Waals surface area contributed by atoms with E-state index in [1.54, 1.807) is 18.3 Å². The quantitative estimate of drug-likeness (QED) is 0.631. The number of hydrogen-bond acceptors (Lipinski definition) is 4. The van der Waals surface area contributed by atoms with Crippen molar-refractivity contribution >= 4 is 17.9 Å². The Kier molecular flexibility index (Phi) is 4.93. The SMILES string of the molecule is CCOc1ccccc1C=NNc1cccc(C(=O)O)c1. The summed E-state index contributed by atoms with van der Waals surface area (Å²) in [4.78, 5) is 10.9. The minimum absolute atomic E-state index is 0.213. The van der Waals surface area contributed by atoms with Gasteiger partial charge in [-0.05, 0) is 37.3 Å². The number of para-hydroxylation sites is 1. The van der Waals surface area contributed by atoms with Gasteiger partial charge in [-0.25, -0.2) is 4.79 Å². The Balaban J connectivity index is 2.09. The summed E-state index contributed by atoms with van der Waals surface area (Å²) in [5.74, 6) is -0.214. The lowest BCUT2D eigenvalue weighted by Gasteiger charge is -2.06. The van der Waals surface area contributed by atoms with Gasteiger partial charge in [-0.3, -0.25) is 5.43 Å². The molecule has 2 aromatic carbocycles. The van der Waals surface area contributed by atoms with E-state index in [1.807, 2.05) is 31.2 Å². The molecule has 108 valence electrons. The van der Waals surface area contributed by atoms with E-state index >= 15 is 0 Å². The summed E-state index contributed by atoms with van der Waals surface area (Å²) in [5, 5.41) is 13.0. The number of ether oxygens (including phenoxy) is 1. The van der Waals surface area contributed by atoms with Crippen LogP contribution in [0.2, 0.25) is 0 Å². The first-order chi connectivity index (χ1) is 10.2. The Morgan fingerprint density at radius 2 is 2.10 bits per heavy atom. The highest BCUT2D eigenvalue weighted by atomic mass is 16.5. The van der Waals surface area contributed by atoms with E-state index in [0.29, 0.717) is 12.3 Å². The molecule has 0 saturated carbocycles. The van der Waals surface area contributed by atoms with E-state index < -0.39 is 5.97 Å². The van der Waals surface area contributed by atoms with Crippen molar-refractivity contribution in [2.24, 2.45) is 5.10 Å². The highest BCUT2D eigenvalue weighted by molar-refractivity contribution is 5.89. The van der Waals surface area contributed by atoms with E-state index in [-0.39, 0.29) is 5.56 Å². The van der Waals surface area contributed by atoms with Gasteiger partial charge in [0, 0.05) is 5.56 Å². The average molecular weight is 284 g/mol. The van der Waals surface area contributed by atoms with E-state index in [2.05, 4.69) is 10.5 Å². The minimum Gasteiger partial charge on any atom is -0.493 e. The third-order valence-electron chi connectivity index (χ3n) is 2.73. The Morgan fingerprint density at radius 1 is 1.29 bits per heavy atom. The first-order valence-electron chi connectivity index (χ1n) is 6.55. The molecule has 2 N–H and O–H groups in total. The molecule has 0 unspecified atom stereocenters. The monoisotopic (exact) mass is 284 g/mol. The molecule has 0 heterocycles. The van der Waals surface area contributed by atoms with Gasteiger partial charge in [0.1, 0.15) is 5.75 Å². The maximum absolute atomic E-state index is 10.9. The number of nitrogens with zero attached hydrogens (tertiary/aromatic N) is 1. The predicted molar refractivity (Wildman–Crippen MR) is 82.2 cm³/mol. The number of carboxylic acid groups (broad SMARTS) is 1. The molecule has 0 saturated heterocycles. The van der Waals surface area contributed by atoms with Gasteiger partial charge in [0.2, 0.25) is 0 Å². The Hall–Kier alpha value is -2.82. The lowest BCUT2D eigenvalue weighted by atomic mass is 10.2. The first-order valence-corrected chi connectivity index (χ1v) is 6.55. The van der Waals surface area contributed by atoms with Crippen LogP contribution in [0.5, 0.6) is 5.75 Å². The molecule has 0 bridgehead atoms. The van der Waals surface area contributed by atoms with Crippen molar-refractivity contribution < 1.29 is 14.6 Å². The van der Waals surface area contributed by atoms with Crippen LogP contribution in [0.1, 0.15) is 22.8 Å². The zero-order valence-corrected chi connectivity index (χ0v) is 11.6. The van der Waals surface area contributed by atoms with Crippen LogP contribution in [0.25, 0.3) is 0 Å². The summed E-state index contributed by atoms with van der Waals surface area (Å²) in [6.45, 7) is 2.50. The smallest absolute Gasteiger partial charge is 0.335 e. The molecule has 5 heteroatoms. The van der Waals surface area contributed by atoms with Crippen LogP contribution in [0, 0.1) is 0 Å². The highest BCUT2D eigenvalue weighted by Gasteiger charge is 2.02. The van der Waals surface area contributed by atoms with E-state index in [4.69, 9.17) is 9.84 Å². The van der Waals surface area contributed by atoms with Crippen molar-refractivity contribution in [3.8, 4) is 5.75 Å². The summed E-state index contributed by atoms with van der Waals surface area (Å²) in [7, 11) is 0. The molecule has 2 rings (SSSR count). The second kappa shape index (κ2) is 7.09. The molecule has 0 aliphatic rings. The number of carboxylic acids is 1.